The highest BCUT2D eigenvalue weighted by Gasteiger charge is 2.32. The molecule has 2 aromatic rings. The molecule has 39 heavy (non-hydrogen) atoms. The van der Waals surface area contributed by atoms with Crippen LogP contribution in [0.5, 0.6) is 5.75 Å². The van der Waals surface area contributed by atoms with Crippen LogP contribution in [0.4, 0.5) is 5.69 Å². The van der Waals surface area contributed by atoms with E-state index in [-0.39, 0.29) is 43.6 Å². The molecule has 0 saturated carbocycles. The smallest absolute Gasteiger partial charge is 0.239 e. The number of nitrogens with zero attached hydrogens (tertiary/aromatic N) is 2. The molecule has 1 atom stereocenters. The van der Waals surface area contributed by atoms with Crippen molar-refractivity contribution in [3.63, 3.8) is 0 Å². The summed E-state index contributed by atoms with van der Waals surface area (Å²) in [6.45, 7) is 3.55. The minimum absolute atomic E-state index is 0.0517. The van der Waals surface area contributed by atoms with Crippen molar-refractivity contribution in [3.05, 3.63) is 58.6 Å². The number of ether oxygens (including phenoxy) is 1. The normalized spacial score (nSPS) is 14.5. The van der Waals surface area contributed by atoms with Crippen molar-refractivity contribution >= 4 is 52.4 Å². The number of amides is 3. The number of nitrogens with one attached hydrogen (secondary N) is 5. The van der Waals surface area contributed by atoms with Gasteiger partial charge in [0.15, 0.2) is 0 Å². The molecule has 1 unspecified atom stereocenters. The number of aliphatic imine (C=N–C) groups is 1. The van der Waals surface area contributed by atoms with E-state index in [4.69, 9.17) is 32.1 Å². The lowest BCUT2D eigenvalue weighted by Crippen LogP contribution is -2.44. The lowest BCUT2D eigenvalue weighted by Gasteiger charge is -2.26. The number of fused-ring (bicyclic) bond motifs is 1. The van der Waals surface area contributed by atoms with Crippen LogP contribution < -0.4 is 25.6 Å². The van der Waals surface area contributed by atoms with E-state index in [0.29, 0.717) is 39.7 Å². The molecule has 0 bridgehead atoms. The Labute approximate surface area is 232 Å². The highest BCUT2D eigenvalue weighted by molar-refractivity contribution is 6.31. The van der Waals surface area contributed by atoms with Gasteiger partial charge in [-0.15, -0.1) is 0 Å². The summed E-state index contributed by atoms with van der Waals surface area (Å²) in [4.78, 5) is 42.5. The van der Waals surface area contributed by atoms with Crippen molar-refractivity contribution in [2.24, 2.45) is 4.99 Å². The Morgan fingerprint density at radius 3 is 2.31 bits per heavy atom. The van der Waals surface area contributed by atoms with E-state index >= 15 is 0 Å². The number of hydrogen-bond donors (Lipinski definition) is 5. The maximum atomic E-state index is 12.8. The summed E-state index contributed by atoms with van der Waals surface area (Å²) in [5.41, 5.74) is 2.41. The van der Waals surface area contributed by atoms with Gasteiger partial charge in [0.05, 0.1) is 31.5 Å². The zero-order valence-corrected chi connectivity index (χ0v) is 22.8. The summed E-state index contributed by atoms with van der Waals surface area (Å²) in [5, 5.41) is 25.7. The van der Waals surface area contributed by atoms with Crippen LogP contribution in [0.2, 0.25) is 5.02 Å². The molecule has 3 rings (SSSR count). The van der Waals surface area contributed by atoms with Crippen LogP contribution in [0.1, 0.15) is 37.8 Å². The minimum atomic E-state index is -0.943. The Balaban J connectivity index is 1.83. The average Bonchev–Trinajstić information content (AvgIpc) is 3.04. The van der Waals surface area contributed by atoms with Gasteiger partial charge in [-0.1, -0.05) is 30.7 Å². The van der Waals surface area contributed by atoms with Gasteiger partial charge in [0.25, 0.3) is 0 Å². The number of carbonyl (C=O) groups is 3. The van der Waals surface area contributed by atoms with E-state index < -0.39 is 17.9 Å². The molecule has 1 heterocycles. The highest BCUT2D eigenvalue weighted by atomic mass is 35.5. The Bertz CT molecular complexity index is 1290. The fraction of sp³-hybridized carbons (Fsp3) is 0.333. The van der Waals surface area contributed by atoms with Gasteiger partial charge < -0.3 is 20.7 Å². The fourth-order valence-corrected chi connectivity index (χ4v) is 4.08. The molecule has 11 nitrogen and oxygen atoms in total. The van der Waals surface area contributed by atoms with Crippen molar-refractivity contribution in [3.8, 4) is 5.75 Å². The van der Waals surface area contributed by atoms with Crippen LogP contribution in [0, 0.1) is 10.8 Å². The number of halogens is 1. The largest absolute Gasteiger partial charge is 0.497 e. The number of amidine groups is 2. The van der Waals surface area contributed by atoms with Crippen molar-refractivity contribution in [1.29, 1.82) is 10.8 Å². The number of carbonyl (C=O) groups excluding carboxylic acids is 3. The molecule has 0 spiro atoms. The van der Waals surface area contributed by atoms with Crippen LogP contribution in [-0.2, 0) is 14.4 Å². The summed E-state index contributed by atoms with van der Waals surface area (Å²) < 4.78 is 5.42. The van der Waals surface area contributed by atoms with Crippen LogP contribution in [0.3, 0.4) is 0 Å². The van der Waals surface area contributed by atoms with Gasteiger partial charge in [-0.25, -0.2) is 0 Å². The first kappa shape index (κ1) is 29.3. The van der Waals surface area contributed by atoms with E-state index in [1.807, 2.05) is 0 Å². The monoisotopic (exact) mass is 553 g/mol. The quantitative estimate of drug-likeness (QED) is 0.173. The standard InChI is InChI=1S/C27H32ClN7O4/c1-4-23(36)31-11-12-32-25(38)15-33-24(37)14-21-27(30)35(16(2)29)22-10-9-19(39-3)13-20(22)26(34-21)17-5-7-18(28)8-6-17/h5-10,13,21,29-30H,4,11-12,14-15H2,1-3H3,(H,31,36)(H,32,38)(H,33,37). The number of methoxy groups -OCH3 is 1. The van der Waals surface area contributed by atoms with E-state index in [1.165, 1.54) is 4.90 Å². The molecule has 2 aromatic carbocycles. The predicted molar refractivity (Wildman–Crippen MR) is 151 cm³/mol. The van der Waals surface area contributed by atoms with E-state index in [1.54, 1.807) is 63.4 Å². The fourth-order valence-electron chi connectivity index (χ4n) is 3.95. The zero-order valence-electron chi connectivity index (χ0n) is 22.1. The van der Waals surface area contributed by atoms with E-state index in [9.17, 15) is 14.4 Å². The predicted octanol–water partition coefficient (Wildman–Crippen LogP) is 2.50. The van der Waals surface area contributed by atoms with E-state index in [0.717, 1.165) is 0 Å². The number of anilines is 1. The molecule has 0 radical (unpaired) electrons. The van der Waals surface area contributed by atoms with Gasteiger partial charge >= 0.3 is 0 Å². The Morgan fingerprint density at radius 1 is 1.03 bits per heavy atom. The van der Waals surface area contributed by atoms with Crippen molar-refractivity contribution in [1.82, 2.24) is 16.0 Å². The molecule has 1 aliphatic heterocycles. The molecule has 5 N–H and O–H groups in total. The lowest BCUT2D eigenvalue weighted by atomic mass is 9.99. The third-order valence-corrected chi connectivity index (χ3v) is 6.16. The first-order valence-corrected chi connectivity index (χ1v) is 12.8. The van der Waals surface area contributed by atoms with Crippen LogP contribution in [0.25, 0.3) is 0 Å². The first-order valence-electron chi connectivity index (χ1n) is 12.4. The topological polar surface area (TPSA) is 160 Å². The lowest BCUT2D eigenvalue weighted by molar-refractivity contribution is -0.126. The second-order valence-electron chi connectivity index (χ2n) is 8.72. The Morgan fingerprint density at radius 2 is 1.69 bits per heavy atom. The van der Waals surface area contributed by atoms with Gasteiger partial charge in [0, 0.05) is 35.7 Å². The van der Waals surface area contributed by atoms with Crippen LogP contribution in [-0.4, -0.2) is 67.9 Å². The number of benzodiazepines with no additional fused rings is 1. The molecule has 3 amide bonds. The average molecular weight is 554 g/mol. The molecule has 206 valence electrons. The van der Waals surface area contributed by atoms with Gasteiger partial charge in [0.1, 0.15) is 23.5 Å². The molecular weight excluding hydrogens is 522 g/mol. The third-order valence-electron chi connectivity index (χ3n) is 5.91. The van der Waals surface area contributed by atoms with Gasteiger partial charge in [-0.05, 0) is 37.3 Å². The molecule has 1 aliphatic rings. The maximum Gasteiger partial charge on any atom is 0.239 e. The number of hydrogen-bond acceptors (Lipinski definition) is 7. The summed E-state index contributed by atoms with van der Waals surface area (Å²) in [6, 6.07) is 11.4. The molecule has 12 heteroatoms. The highest BCUT2D eigenvalue weighted by Crippen LogP contribution is 2.33. The number of rotatable bonds is 10. The first-order chi connectivity index (χ1) is 18.6. The Kier molecular flexibility index (Phi) is 10.2. The summed E-state index contributed by atoms with van der Waals surface area (Å²) in [5.74, 6) is -0.405. The number of benzene rings is 2. The SMILES string of the molecule is CCC(=O)NCCNC(=O)CNC(=O)CC1N=C(c2ccc(Cl)cc2)c2cc(OC)ccc2N(C(C)=N)C1=N. The summed E-state index contributed by atoms with van der Waals surface area (Å²) in [7, 11) is 1.55. The third kappa shape index (κ3) is 7.64. The molecule has 0 saturated heterocycles. The second kappa shape index (κ2) is 13.5. The van der Waals surface area contributed by atoms with Crippen molar-refractivity contribution in [2.75, 3.05) is 31.6 Å². The van der Waals surface area contributed by atoms with E-state index in [2.05, 4.69) is 16.0 Å². The Hall–Kier alpha value is -4.25. The summed E-state index contributed by atoms with van der Waals surface area (Å²) in [6.07, 6.45) is 0.139. The van der Waals surface area contributed by atoms with Crippen LogP contribution >= 0.6 is 11.6 Å². The minimum Gasteiger partial charge on any atom is -0.497 e. The van der Waals surface area contributed by atoms with Gasteiger partial charge in [0.2, 0.25) is 17.7 Å². The van der Waals surface area contributed by atoms with Gasteiger partial charge in [-0.2, -0.15) is 0 Å². The van der Waals surface area contributed by atoms with Gasteiger partial charge in [-0.3, -0.25) is 35.1 Å². The van der Waals surface area contributed by atoms with Crippen molar-refractivity contribution in [2.45, 2.75) is 32.7 Å². The molecular formula is C27H32ClN7O4. The zero-order chi connectivity index (χ0) is 28.5. The second-order valence-corrected chi connectivity index (χ2v) is 9.16. The van der Waals surface area contributed by atoms with Crippen molar-refractivity contribution < 1.29 is 19.1 Å². The summed E-state index contributed by atoms with van der Waals surface area (Å²) >= 11 is 6.10. The molecule has 0 aromatic heterocycles. The molecule has 0 aliphatic carbocycles. The maximum absolute atomic E-state index is 12.8. The molecule has 0 fully saturated rings. The van der Waals surface area contributed by atoms with Crippen LogP contribution in [0.15, 0.2) is 47.5 Å².